The van der Waals surface area contributed by atoms with Gasteiger partial charge < -0.3 is 20.1 Å². The molecule has 168 valence electrons. The minimum atomic E-state index is -0.801. The normalized spacial score (nSPS) is 17.2. The number of rotatable bonds is 5. The zero-order valence-electron chi connectivity index (χ0n) is 18.0. The average molecular weight is 446 g/mol. The fourth-order valence-electron chi connectivity index (χ4n) is 4.12. The number of aliphatic hydroxyl groups excluding tert-OH is 1. The second kappa shape index (κ2) is 9.05. The van der Waals surface area contributed by atoms with Gasteiger partial charge in [-0.1, -0.05) is 12.1 Å². The van der Waals surface area contributed by atoms with Gasteiger partial charge in [0.15, 0.2) is 5.82 Å². The molecule has 1 aromatic carbocycles. The standard InChI is InChI=1S/C24H23FN6O2/c1-33-20-13-27-12-18-21(20)24(30-23(29-18)16-6-8-26-9-7-16)31-11-10-28-19(14-31)22(32)15-2-4-17(25)5-3-15/h2-9,12-13,19,22,28,32H,10-11,14H2,1H3/t19-,22?/m1/s1. The van der Waals surface area contributed by atoms with Crippen LogP contribution < -0.4 is 15.0 Å². The summed E-state index contributed by atoms with van der Waals surface area (Å²) in [6, 6.07) is 9.38. The Morgan fingerprint density at radius 1 is 1.09 bits per heavy atom. The third-order valence-electron chi connectivity index (χ3n) is 5.81. The van der Waals surface area contributed by atoms with Gasteiger partial charge in [0.05, 0.1) is 42.6 Å². The van der Waals surface area contributed by atoms with E-state index in [1.807, 2.05) is 12.1 Å². The lowest BCUT2D eigenvalue weighted by Gasteiger charge is -2.37. The number of nitrogens with one attached hydrogen (secondary N) is 1. The zero-order valence-corrected chi connectivity index (χ0v) is 18.0. The number of ether oxygens (including phenoxy) is 1. The minimum absolute atomic E-state index is 0.272. The van der Waals surface area contributed by atoms with Gasteiger partial charge in [0.1, 0.15) is 17.4 Å². The first-order valence-corrected chi connectivity index (χ1v) is 10.7. The first kappa shape index (κ1) is 21.2. The molecule has 0 radical (unpaired) electrons. The van der Waals surface area contributed by atoms with Crippen molar-refractivity contribution >= 4 is 16.7 Å². The number of benzene rings is 1. The van der Waals surface area contributed by atoms with Crippen molar-refractivity contribution in [2.24, 2.45) is 0 Å². The summed E-state index contributed by atoms with van der Waals surface area (Å²) >= 11 is 0. The Bertz CT molecular complexity index is 1260. The highest BCUT2D eigenvalue weighted by Crippen LogP contribution is 2.34. The van der Waals surface area contributed by atoms with Gasteiger partial charge in [0, 0.05) is 37.6 Å². The van der Waals surface area contributed by atoms with Gasteiger partial charge in [0.2, 0.25) is 0 Å². The summed E-state index contributed by atoms with van der Waals surface area (Å²) in [6.07, 6.45) is 5.94. The molecule has 1 fully saturated rings. The van der Waals surface area contributed by atoms with Crippen LogP contribution in [0.4, 0.5) is 10.2 Å². The molecule has 5 rings (SSSR count). The lowest BCUT2D eigenvalue weighted by molar-refractivity contribution is 0.125. The van der Waals surface area contributed by atoms with E-state index < -0.39 is 6.10 Å². The number of anilines is 1. The molecule has 1 unspecified atom stereocenters. The van der Waals surface area contributed by atoms with Crippen LogP contribution >= 0.6 is 0 Å². The van der Waals surface area contributed by atoms with E-state index in [9.17, 15) is 9.50 Å². The molecule has 4 heterocycles. The molecule has 0 saturated carbocycles. The van der Waals surface area contributed by atoms with Crippen LogP contribution in [-0.4, -0.2) is 57.8 Å². The maximum absolute atomic E-state index is 13.3. The van der Waals surface area contributed by atoms with Crippen LogP contribution in [0.3, 0.4) is 0 Å². The first-order chi connectivity index (χ1) is 16.1. The van der Waals surface area contributed by atoms with E-state index in [-0.39, 0.29) is 11.9 Å². The fraction of sp³-hybridized carbons (Fsp3) is 0.250. The number of methoxy groups -OCH3 is 1. The van der Waals surface area contributed by atoms with Gasteiger partial charge in [-0.2, -0.15) is 0 Å². The van der Waals surface area contributed by atoms with Gasteiger partial charge in [0.25, 0.3) is 0 Å². The second-order valence-electron chi connectivity index (χ2n) is 7.85. The van der Waals surface area contributed by atoms with Crippen LogP contribution in [0.25, 0.3) is 22.3 Å². The number of hydrogen-bond donors (Lipinski definition) is 2. The van der Waals surface area contributed by atoms with Crippen LogP contribution in [-0.2, 0) is 0 Å². The highest BCUT2D eigenvalue weighted by molar-refractivity contribution is 5.95. The van der Waals surface area contributed by atoms with Gasteiger partial charge in [-0.05, 0) is 29.8 Å². The van der Waals surface area contributed by atoms with Crippen LogP contribution in [0.15, 0.2) is 61.2 Å². The summed E-state index contributed by atoms with van der Waals surface area (Å²) in [5.41, 5.74) is 2.16. The summed E-state index contributed by atoms with van der Waals surface area (Å²) in [7, 11) is 1.59. The van der Waals surface area contributed by atoms with E-state index in [0.29, 0.717) is 48.1 Å². The highest BCUT2D eigenvalue weighted by atomic mass is 19.1. The van der Waals surface area contributed by atoms with Gasteiger partial charge >= 0.3 is 0 Å². The molecule has 9 heteroatoms. The Kier molecular flexibility index (Phi) is 5.80. The van der Waals surface area contributed by atoms with Crippen molar-refractivity contribution in [3.63, 3.8) is 0 Å². The monoisotopic (exact) mass is 446 g/mol. The molecule has 2 atom stereocenters. The summed E-state index contributed by atoms with van der Waals surface area (Å²) in [6.45, 7) is 1.82. The molecule has 1 saturated heterocycles. The van der Waals surface area contributed by atoms with E-state index in [1.165, 1.54) is 12.1 Å². The largest absolute Gasteiger partial charge is 0.494 e. The molecule has 1 aliphatic rings. The molecule has 4 aromatic rings. The highest BCUT2D eigenvalue weighted by Gasteiger charge is 2.29. The van der Waals surface area contributed by atoms with Crippen molar-refractivity contribution in [3.05, 3.63) is 72.6 Å². The lowest BCUT2D eigenvalue weighted by atomic mass is 10.00. The van der Waals surface area contributed by atoms with E-state index in [4.69, 9.17) is 14.7 Å². The van der Waals surface area contributed by atoms with Crippen molar-refractivity contribution in [2.45, 2.75) is 12.1 Å². The quantitative estimate of drug-likeness (QED) is 0.483. The van der Waals surface area contributed by atoms with Gasteiger partial charge in [-0.3, -0.25) is 9.97 Å². The number of pyridine rings is 2. The molecule has 2 N–H and O–H groups in total. The second-order valence-corrected chi connectivity index (χ2v) is 7.85. The van der Waals surface area contributed by atoms with Crippen molar-refractivity contribution in [2.75, 3.05) is 31.6 Å². The molecule has 3 aromatic heterocycles. The Labute approximate surface area is 190 Å². The van der Waals surface area contributed by atoms with E-state index in [0.717, 1.165) is 10.9 Å². The third kappa shape index (κ3) is 4.20. The van der Waals surface area contributed by atoms with Crippen molar-refractivity contribution in [1.82, 2.24) is 25.3 Å². The van der Waals surface area contributed by atoms with Gasteiger partial charge in [-0.25, -0.2) is 14.4 Å². The molecule has 33 heavy (non-hydrogen) atoms. The number of aromatic nitrogens is 4. The smallest absolute Gasteiger partial charge is 0.162 e. The topological polar surface area (TPSA) is 96.3 Å². The predicted molar refractivity (Wildman–Crippen MR) is 122 cm³/mol. The molecule has 0 amide bonds. The Balaban J connectivity index is 1.55. The molecule has 0 spiro atoms. The lowest BCUT2D eigenvalue weighted by Crippen LogP contribution is -2.53. The number of fused-ring (bicyclic) bond motifs is 1. The maximum Gasteiger partial charge on any atom is 0.162 e. The molecular weight excluding hydrogens is 423 g/mol. The SMILES string of the molecule is COc1cncc2nc(-c3ccncc3)nc(N3CCN[C@@H](C(O)c4ccc(F)cc4)C3)c12. The minimum Gasteiger partial charge on any atom is -0.494 e. The molecule has 1 aliphatic heterocycles. The summed E-state index contributed by atoms with van der Waals surface area (Å²) in [4.78, 5) is 20.1. The predicted octanol–water partition coefficient (Wildman–Crippen LogP) is 2.75. The van der Waals surface area contributed by atoms with Crippen molar-refractivity contribution in [1.29, 1.82) is 0 Å². The van der Waals surface area contributed by atoms with E-state index >= 15 is 0 Å². The van der Waals surface area contributed by atoms with Crippen molar-refractivity contribution in [3.8, 4) is 17.1 Å². The summed E-state index contributed by atoms with van der Waals surface area (Å²) < 4.78 is 18.9. The zero-order chi connectivity index (χ0) is 22.8. The Morgan fingerprint density at radius 3 is 2.64 bits per heavy atom. The number of aliphatic hydroxyl groups is 1. The van der Waals surface area contributed by atoms with Crippen LogP contribution in [0.1, 0.15) is 11.7 Å². The maximum atomic E-state index is 13.3. The van der Waals surface area contributed by atoms with Crippen LogP contribution in [0, 0.1) is 5.82 Å². The average Bonchev–Trinajstić information content (AvgIpc) is 2.88. The number of hydrogen-bond acceptors (Lipinski definition) is 8. The van der Waals surface area contributed by atoms with Gasteiger partial charge in [-0.15, -0.1) is 0 Å². The van der Waals surface area contributed by atoms with Crippen LogP contribution in [0.5, 0.6) is 5.75 Å². The van der Waals surface area contributed by atoms with Crippen LogP contribution in [0.2, 0.25) is 0 Å². The third-order valence-corrected chi connectivity index (χ3v) is 5.81. The number of nitrogens with zero attached hydrogens (tertiary/aromatic N) is 5. The number of halogens is 1. The molecule has 8 nitrogen and oxygen atoms in total. The fourth-order valence-corrected chi connectivity index (χ4v) is 4.12. The molecular formula is C24H23FN6O2. The summed E-state index contributed by atoms with van der Waals surface area (Å²) in [5.74, 6) is 1.52. The Hall–Kier alpha value is -3.69. The van der Waals surface area contributed by atoms with E-state index in [1.54, 1.807) is 44.0 Å². The summed E-state index contributed by atoms with van der Waals surface area (Å²) in [5, 5.41) is 15.1. The first-order valence-electron chi connectivity index (χ1n) is 10.7. The van der Waals surface area contributed by atoms with Crippen molar-refractivity contribution < 1.29 is 14.2 Å². The number of piperazine rings is 1. The Morgan fingerprint density at radius 2 is 1.88 bits per heavy atom. The van der Waals surface area contributed by atoms with E-state index in [2.05, 4.69) is 20.2 Å². The molecule has 0 aliphatic carbocycles. The molecule has 0 bridgehead atoms.